The van der Waals surface area contributed by atoms with Crippen LogP contribution in [-0.4, -0.2) is 18.5 Å². The average Bonchev–Trinajstić information content (AvgIpc) is 2.32. The summed E-state index contributed by atoms with van der Waals surface area (Å²) >= 11 is 0. The van der Waals surface area contributed by atoms with Crippen molar-refractivity contribution in [3.05, 3.63) is 34.9 Å². The molecule has 1 aliphatic carbocycles. The molecule has 0 heterocycles. The van der Waals surface area contributed by atoms with Crippen LogP contribution >= 0.6 is 0 Å². The summed E-state index contributed by atoms with van der Waals surface area (Å²) in [4.78, 5) is 12.0. The summed E-state index contributed by atoms with van der Waals surface area (Å²) in [5, 5.41) is 3.02. The second-order valence-corrected chi connectivity index (χ2v) is 4.64. The van der Waals surface area contributed by atoms with Gasteiger partial charge in [-0.3, -0.25) is 4.79 Å². The number of rotatable bonds is 2. The van der Waals surface area contributed by atoms with Gasteiger partial charge in [0.2, 0.25) is 0 Å². The normalized spacial score (nSPS) is 14.3. The minimum atomic E-state index is -0.00417. The van der Waals surface area contributed by atoms with Crippen molar-refractivity contribution in [1.82, 2.24) is 5.32 Å². The van der Waals surface area contributed by atoms with Crippen LogP contribution in [0.1, 0.15) is 40.7 Å². The highest BCUT2D eigenvalue weighted by atomic mass is 16.1. The van der Waals surface area contributed by atoms with E-state index in [4.69, 9.17) is 5.73 Å². The molecule has 1 aliphatic rings. The lowest BCUT2D eigenvalue weighted by atomic mass is 9.93. The number of benzene rings is 1. The lowest BCUT2D eigenvalue weighted by Gasteiger charge is -2.26. The monoisotopic (exact) mass is 242 g/mol. The Bertz CT molecular complexity index is 507. The van der Waals surface area contributed by atoms with E-state index in [2.05, 4.69) is 17.2 Å². The third-order valence-corrected chi connectivity index (χ3v) is 3.27. The minimum Gasteiger partial charge on any atom is -0.349 e. The lowest BCUT2D eigenvalue weighted by Crippen LogP contribution is -2.39. The number of carbonyl (C=O) groups is 1. The second-order valence-electron chi connectivity index (χ2n) is 4.64. The lowest BCUT2D eigenvalue weighted by molar-refractivity contribution is 0.0917. The van der Waals surface area contributed by atoms with Crippen LogP contribution in [0.15, 0.2) is 18.2 Å². The Labute approximate surface area is 108 Å². The van der Waals surface area contributed by atoms with Crippen molar-refractivity contribution in [2.45, 2.75) is 32.2 Å². The van der Waals surface area contributed by atoms with E-state index in [0.29, 0.717) is 18.2 Å². The molecule has 3 N–H and O–H groups in total. The fourth-order valence-electron chi connectivity index (χ4n) is 1.87. The van der Waals surface area contributed by atoms with Gasteiger partial charge in [-0.2, -0.15) is 0 Å². The Morgan fingerprint density at radius 2 is 2.28 bits per heavy atom. The molecular formula is C15H18N2O. The maximum atomic E-state index is 12.0. The van der Waals surface area contributed by atoms with Crippen molar-refractivity contribution in [1.29, 1.82) is 0 Å². The van der Waals surface area contributed by atoms with E-state index in [1.807, 2.05) is 25.1 Å². The predicted molar refractivity (Wildman–Crippen MR) is 72.2 cm³/mol. The van der Waals surface area contributed by atoms with Gasteiger partial charge in [-0.1, -0.05) is 17.9 Å². The molecule has 3 nitrogen and oxygen atoms in total. The van der Waals surface area contributed by atoms with Gasteiger partial charge in [-0.05, 0) is 43.9 Å². The number of nitrogens with one attached hydrogen (secondary N) is 1. The van der Waals surface area contributed by atoms with Crippen molar-refractivity contribution < 1.29 is 4.79 Å². The molecule has 0 saturated heterocycles. The molecule has 0 spiro atoms. The largest absolute Gasteiger partial charge is 0.349 e. The first-order valence-corrected chi connectivity index (χ1v) is 6.31. The molecule has 18 heavy (non-hydrogen) atoms. The van der Waals surface area contributed by atoms with Crippen LogP contribution in [0.25, 0.3) is 0 Å². The summed E-state index contributed by atoms with van der Waals surface area (Å²) in [6, 6.07) is 5.97. The Morgan fingerprint density at radius 1 is 1.50 bits per heavy atom. The van der Waals surface area contributed by atoms with Crippen molar-refractivity contribution in [3.8, 4) is 11.8 Å². The molecule has 0 unspecified atom stereocenters. The molecule has 1 fully saturated rings. The molecule has 1 aromatic carbocycles. The van der Waals surface area contributed by atoms with E-state index < -0.39 is 0 Å². The average molecular weight is 242 g/mol. The SMILES string of the molecule is Cc1ccc(C(=O)NC2CCC2)cc1C#CCN. The molecular weight excluding hydrogens is 224 g/mol. The van der Waals surface area contributed by atoms with Crippen LogP contribution in [0.4, 0.5) is 0 Å². The number of amides is 1. The fraction of sp³-hybridized carbons (Fsp3) is 0.400. The smallest absolute Gasteiger partial charge is 0.251 e. The minimum absolute atomic E-state index is 0.00417. The molecule has 0 aliphatic heterocycles. The van der Waals surface area contributed by atoms with E-state index in [0.717, 1.165) is 24.0 Å². The Balaban J connectivity index is 2.14. The van der Waals surface area contributed by atoms with Crippen LogP contribution in [0.2, 0.25) is 0 Å². The Hall–Kier alpha value is -1.79. The van der Waals surface area contributed by atoms with Crippen molar-refractivity contribution in [2.75, 3.05) is 6.54 Å². The van der Waals surface area contributed by atoms with Gasteiger partial charge in [0.25, 0.3) is 5.91 Å². The fourth-order valence-corrected chi connectivity index (χ4v) is 1.87. The summed E-state index contributed by atoms with van der Waals surface area (Å²) in [5.74, 6) is 5.81. The van der Waals surface area contributed by atoms with Gasteiger partial charge in [0.1, 0.15) is 0 Å². The van der Waals surface area contributed by atoms with Crippen molar-refractivity contribution >= 4 is 5.91 Å². The summed E-state index contributed by atoms with van der Waals surface area (Å²) in [6.45, 7) is 2.31. The summed E-state index contributed by atoms with van der Waals surface area (Å²) < 4.78 is 0. The molecule has 94 valence electrons. The van der Waals surface area contributed by atoms with Crippen LogP contribution < -0.4 is 11.1 Å². The zero-order chi connectivity index (χ0) is 13.0. The molecule has 0 aromatic heterocycles. The maximum Gasteiger partial charge on any atom is 0.251 e. The summed E-state index contributed by atoms with van der Waals surface area (Å²) in [5.41, 5.74) is 7.98. The number of hydrogen-bond donors (Lipinski definition) is 2. The molecule has 1 aromatic rings. The molecule has 1 saturated carbocycles. The van der Waals surface area contributed by atoms with Crippen molar-refractivity contribution in [2.24, 2.45) is 5.73 Å². The first-order chi connectivity index (χ1) is 8.70. The van der Waals surface area contributed by atoms with Gasteiger partial charge >= 0.3 is 0 Å². The number of aryl methyl sites for hydroxylation is 1. The molecule has 3 heteroatoms. The van der Waals surface area contributed by atoms with Gasteiger partial charge in [0.05, 0.1) is 6.54 Å². The third kappa shape index (κ3) is 2.91. The van der Waals surface area contributed by atoms with Crippen LogP contribution in [-0.2, 0) is 0 Å². The van der Waals surface area contributed by atoms with Gasteiger partial charge in [0.15, 0.2) is 0 Å². The zero-order valence-corrected chi connectivity index (χ0v) is 10.6. The number of nitrogens with two attached hydrogens (primary N) is 1. The highest BCUT2D eigenvalue weighted by Crippen LogP contribution is 2.19. The highest BCUT2D eigenvalue weighted by molar-refractivity contribution is 5.94. The van der Waals surface area contributed by atoms with Gasteiger partial charge in [0, 0.05) is 17.2 Å². The Kier molecular flexibility index (Phi) is 4.01. The van der Waals surface area contributed by atoms with Crippen molar-refractivity contribution in [3.63, 3.8) is 0 Å². The topological polar surface area (TPSA) is 55.1 Å². The standard InChI is InChI=1S/C15H18N2O/c1-11-7-8-13(10-12(11)4-3-9-16)15(18)17-14-5-2-6-14/h7-8,10,14H,2,5-6,9,16H2,1H3,(H,17,18). The van der Waals surface area contributed by atoms with Gasteiger partial charge in [-0.15, -0.1) is 0 Å². The second kappa shape index (κ2) is 5.70. The first kappa shape index (κ1) is 12.7. The van der Waals surface area contributed by atoms with E-state index >= 15 is 0 Å². The van der Waals surface area contributed by atoms with E-state index in [9.17, 15) is 4.79 Å². The van der Waals surface area contributed by atoms with E-state index in [-0.39, 0.29) is 5.91 Å². The maximum absolute atomic E-state index is 12.0. The molecule has 0 radical (unpaired) electrons. The number of hydrogen-bond acceptors (Lipinski definition) is 2. The highest BCUT2D eigenvalue weighted by Gasteiger charge is 2.20. The van der Waals surface area contributed by atoms with Crippen LogP contribution in [0, 0.1) is 18.8 Å². The first-order valence-electron chi connectivity index (χ1n) is 6.31. The molecule has 0 bridgehead atoms. The summed E-state index contributed by atoms with van der Waals surface area (Å²) in [6.07, 6.45) is 3.40. The quantitative estimate of drug-likeness (QED) is 0.774. The van der Waals surface area contributed by atoms with E-state index in [1.54, 1.807) is 0 Å². The Morgan fingerprint density at radius 3 is 2.89 bits per heavy atom. The predicted octanol–water partition coefficient (Wildman–Crippen LogP) is 1.59. The molecule has 1 amide bonds. The van der Waals surface area contributed by atoms with E-state index in [1.165, 1.54) is 6.42 Å². The number of carbonyl (C=O) groups excluding carboxylic acids is 1. The van der Waals surface area contributed by atoms with Crippen LogP contribution in [0.3, 0.4) is 0 Å². The molecule has 0 atom stereocenters. The molecule has 2 rings (SSSR count). The van der Waals surface area contributed by atoms with Gasteiger partial charge < -0.3 is 11.1 Å². The summed E-state index contributed by atoms with van der Waals surface area (Å²) in [7, 11) is 0. The van der Waals surface area contributed by atoms with Crippen LogP contribution in [0.5, 0.6) is 0 Å². The van der Waals surface area contributed by atoms with Gasteiger partial charge in [-0.25, -0.2) is 0 Å². The third-order valence-electron chi connectivity index (χ3n) is 3.27. The zero-order valence-electron chi connectivity index (χ0n) is 10.6.